The van der Waals surface area contributed by atoms with E-state index >= 15 is 0 Å². The summed E-state index contributed by atoms with van der Waals surface area (Å²) in [6, 6.07) is 8.13. The van der Waals surface area contributed by atoms with E-state index in [2.05, 4.69) is 17.4 Å². The van der Waals surface area contributed by atoms with Gasteiger partial charge in [0.25, 0.3) is 0 Å². The second-order valence-corrected chi connectivity index (χ2v) is 7.10. The van der Waals surface area contributed by atoms with Crippen molar-refractivity contribution in [3.63, 3.8) is 0 Å². The zero-order chi connectivity index (χ0) is 12.7. The number of rotatable bonds is 7. The van der Waals surface area contributed by atoms with Gasteiger partial charge in [-0.05, 0) is 36.9 Å². The van der Waals surface area contributed by atoms with Crippen LogP contribution in [0.5, 0.6) is 0 Å². The Morgan fingerprint density at radius 1 is 1.24 bits per heavy atom. The third kappa shape index (κ3) is 5.46. The summed E-state index contributed by atoms with van der Waals surface area (Å²) in [5.74, 6) is 0.495. The summed E-state index contributed by atoms with van der Waals surface area (Å²) in [6.07, 6.45) is 2.69. The molecule has 17 heavy (non-hydrogen) atoms. The molecule has 1 aromatic carbocycles. The first kappa shape index (κ1) is 14.4. The molecule has 0 amide bonds. The minimum absolute atomic E-state index is 0.232. The topological polar surface area (TPSA) is 46.2 Å². The van der Waals surface area contributed by atoms with Crippen LogP contribution in [0.2, 0.25) is 0 Å². The molecule has 0 fully saturated rings. The average Bonchev–Trinajstić information content (AvgIpc) is 2.35. The van der Waals surface area contributed by atoms with Gasteiger partial charge >= 0.3 is 0 Å². The van der Waals surface area contributed by atoms with E-state index in [1.807, 2.05) is 18.4 Å². The predicted octanol–water partition coefficient (Wildman–Crippen LogP) is 2.65. The fraction of sp³-hybridized carbons (Fsp3) is 0.500. The van der Waals surface area contributed by atoms with E-state index in [1.165, 1.54) is 4.90 Å². The molecule has 1 rings (SSSR count). The molecule has 0 saturated carbocycles. The van der Waals surface area contributed by atoms with Crippen molar-refractivity contribution in [2.75, 3.05) is 29.6 Å². The van der Waals surface area contributed by atoms with Gasteiger partial charge in [0.15, 0.2) is 0 Å². The van der Waals surface area contributed by atoms with Crippen molar-refractivity contribution in [2.24, 2.45) is 0 Å². The molecule has 0 saturated heterocycles. The van der Waals surface area contributed by atoms with Crippen LogP contribution in [0.1, 0.15) is 13.3 Å². The summed E-state index contributed by atoms with van der Waals surface area (Å²) >= 11 is 1.71. The van der Waals surface area contributed by atoms with E-state index in [-0.39, 0.29) is 11.5 Å². The zero-order valence-corrected chi connectivity index (χ0v) is 11.9. The molecule has 3 nitrogen and oxygen atoms in total. The smallest absolute Gasteiger partial charge is 0.150 e. The van der Waals surface area contributed by atoms with Crippen molar-refractivity contribution in [3.05, 3.63) is 24.3 Å². The molecular weight excluding hydrogens is 254 g/mol. The van der Waals surface area contributed by atoms with Gasteiger partial charge in [-0.3, -0.25) is 0 Å². The lowest BCUT2D eigenvalue weighted by atomic mass is 10.3. The van der Waals surface area contributed by atoms with Crippen molar-refractivity contribution in [1.82, 2.24) is 0 Å². The van der Waals surface area contributed by atoms with Crippen LogP contribution < -0.4 is 5.32 Å². The number of nitrogens with one attached hydrogen (secondary N) is 1. The fourth-order valence-electron chi connectivity index (χ4n) is 1.38. The lowest BCUT2D eigenvalue weighted by molar-refractivity contribution is 0.595. The maximum absolute atomic E-state index is 11.3. The van der Waals surface area contributed by atoms with Gasteiger partial charge in [0.2, 0.25) is 0 Å². The molecule has 0 spiro atoms. The highest BCUT2D eigenvalue weighted by Gasteiger charge is 2.05. The van der Waals surface area contributed by atoms with Crippen LogP contribution in [-0.4, -0.2) is 32.7 Å². The fourth-order valence-corrected chi connectivity index (χ4v) is 2.66. The first-order valence-corrected chi connectivity index (χ1v) is 8.70. The van der Waals surface area contributed by atoms with Crippen molar-refractivity contribution < 1.29 is 8.42 Å². The highest BCUT2D eigenvalue weighted by molar-refractivity contribution is 7.98. The van der Waals surface area contributed by atoms with Gasteiger partial charge in [-0.2, -0.15) is 0 Å². The number of hydrogen-bond acceptors (Lipinski definition) is 4. The van der Waals surface area contributed by atoms with Crippen LogP contribution in [0, 0.1) is 0 Å². The van der Waals surface area contributed by atoms with Crippen LogP contribution in [0.3, 0.4) is 0 Å². The summed E-state index contributed by atoms with van der Waals surface area (Å²) in [6.45, 7) is 2.38. The minimum Gasteiger partial charge on any atom is -0.385 e. The van der Waals surface area contributed by atoms with E-state index in [9.17, 15) is 8.42 Å². The molecule has 5 heteroatoms. The van der Waals surface area contributed by atoms with Gasteiger partial charge in [0.1, 0.15) is 9.84 Å². The Balaban J connectivity index is 2.31. The third-order valence-corrected chi connectivity index (χ3v) is 5.02. The van der Waals surface area contributed by atoms with E-state index in [0.717, 1.165) is 5.69 Å². The van der Waals surface area contributed by atoms with E-state index in [4.69, 9.17) is 0 Å². The Bertz CT molecular complexity index is 426. The van der Waals surface area contributed by atoms with Gasteiger partial charge in [-0.25, -0.2) is 8.42 Å². The van der Waals surface area contributed by atoms with Gasteiger partial charge < -0.3 is 5.32 Å². The van der Waals surface area contributed by atoms with Crippen LogP contribution in [0.4, 0.5) is 5.69 Å². The van der Waals surface area contributed by atoms with Gasteiger partial charge in [-0.15, -0.1) is 11.8 Å². The summed E-state index contributed by atoms with van der Waals surface area (Å²) in [7, 11) is -2.83. The number of benzene rings is 1. The predicted molar refractivity (Wildman–Crippen MR) is 75.7 cm³/mol. The molecule has 0 aliphatic carbocycles. The summed E-state index contributed by atoms with van der Waals surface area (Å²) in [5.41, 5.74) is 1.04. The van der Waals surface area contributed by atoms with E-state index < -0.39 is 9.84 Å². The minimum atomic E-state index is -2.83. The van der Waals surface area contributed by atoms with Crippen LogP contribution >= 0.6 is 11.8 Å². The quantitative estimate of drug-likeness (QED) is 0.613. The normalized spacial score (nSPS) is 11.4. The van der Waals surface area contributed by atoms with Crippen molar-refractivity contribution in [1.29, 1.82) is 0 Å². The number of hydrogen-bond donors (Lipinski definition) is 1. The highest BCUT2D eigenvalue weighted by atomic mass is 32.2. The Hall–Kier alpha value is -0.680. The number of anilines is 1. The van der Waals surface area contributed by atoms with Crippen molar-refractivity contribution in [2.45, 2.75) is 18.2 Å². The monoisotopic (exact) mass is 273 g/mol. The van der Waals surface area contributed by atoms with Gasteiger partial charge in [0, 0.05) is 22.9 Å². The first-order chi connectivity index (χ1) is 8.07. The van der Waals surface area contributed by atoms with Crippen LogP contribution in [-0.2, 0) is 9.84 Å². The Kier molecular flexibility index (Phi) is 5.85. The maximum Gasteiger partial charge on any atom is 0.150 e. The first-order valence-electron chi connectivity index (χ1n) is 5.66. The molecule has 0 unspecified atom stereocenters. The Morgan fingerprint density at radius 2 is 1.88 bits per heavy atom. The molecule has 0 heterocycles. The van der Waals surface area contributed by atoms with Gasteiger partial charge in [0.05, 0.1) is 5.75 Å². The van der Waals surface area contributed by atoms with E-state index in [1.54, 1.807) is 18.7 Å². The van der Waals surface area contributed by atoms with Crippen molar-refractivity contribution >= 4 is 27.3 Å². The van der Waals surface area contributed by atoms with E-state index in [0.29, 0.717) is 13.0 Å². The van der Waals surface area contributed by atoms with Gasteiger partial charge in [-0.1, -0.05) is 6.92 Å². The highest BCUT2D eigenvalue weighted by Crippen LogP contribution is 2.17. The Morgan fingerprint density at radius 3 is 2.41 bits per heavy atom. The molecule has 96 valence electrons. The Labute approximate surface area is 108 Å². The zero-order valence-electron chi connectivity index (χ0n) is 10.3. The van der Waals surface area contributed by atoms with Crippen LogP contribution in [0.15, 0.2) is 29.2 Å². The van der Waals surface area contributed by atoms with Crippen LogP contribution in [0.25, 0.3) is 0 Å². The molecule has 0 radical (unpaired) electrons. The molecule has 1 N–H and O–H groups in total. The lowest BCUT2D eigenvalue weighted by Crippen LogP contribution is -2.12. The lowest BCUT2D eigenvalue weighted by Gasteiger charge is -2.06. The summed E-state index contributed by atoms with van der Waals surface area (Å²) < 4.78 is 22.5. The molecular formula is C12H19NO2S2. The number of sulfone groups is 1. The standard InChI is InChI=1S/C12H19NO2S2/c1-3-17(14,15)10-4-9-13-11-5-7-12(16-2)8-6-11/h5-8,13H,3-4,9-10H2,1-2H3. The maximum atomic E-state index is 11.3. The second-order valence-electron chi connectivity index (χ2n) is 3.75. The summed E-state index contributed by atoms with van der Waals surface area (Å²) in [4.78, 5) is 1.23. The second kappa shape index (κ2) is 6.91. The molecule has 1 aromatic rings. The van der Waals surface area contributed by atoms with Crippen molar-refractivity contribution in [3.8, 4) is 0 Å². The largest absolute Gasteiger partial charge is 0.385 e. The molecule has 0 bridgehead atoms. The average molecular weight is 273 g/mol. The molecule has 0 atom stereocenters. The SMILES string of the molecule is CCS(=O)(=O)CCCNc1ccc(SC)cc1. The molecule has 0 aliphatic rings. The number of thioether (sulfide) groups is 1. The molecule has 0 aromatic heterocycles. The molecule has 0 aliphatic heterocycles. The third-order valence-electron chi connectivity index (χ3n) is 2.49. The summed E-state index contributed by atoms with van der Waals surface area (Å²) in [5, 5.41) is 3.22.